The first-order valence-electron chi connectivity index (χ1n) is 4.88. The van der Waals surface area contributed by atoms with Gasteiger partial charge in [-0.15, -0.1) is 0 Å². The number of rotatable bonds is 2. The molecule has 0 unspecified atom stereocenters. The van der Waals surface area contributed by atoms with Gasteiger partial charge in [-0.3, -0.25) is 4.98 Å². The molecule has 0 fully saturated rings. The summed E-state index contributed by atoms with van der Waals surface area (Å²) in [5.41, 5.74) is 0.220. The highest BCUT2D eigenvalue weighted by Gasteiger charge is 2.22. The highest BCUT2D eigenvalue weighted by molar-refractivity contribution is 6.11. The van der Waals surface area contributed by atoms with E-state index in [1.807, 2.05) is 0 Å². The first-order valence-corrected chi connectivity index (χ1v) is 4.88. The average Bonchev–Trinajstić information content (AvgIpc) is 2.26. The molecule has 94 valence electrons. The Bertz CT molecular complexity index is 636. The second kappa shape index (κ2) is 4.80. The van der Waals surface area contributed by atoms with Gasteiger partial charge in [0.05, 0.1) is 22.3 Å². The van der Waals surface area contributed by atoms with E-state index in [2.05, 4.69) is 4.98 Å². The van der Waals surface area contributed by atoms with E-state index >= 15 is 0 Å². The number of pyridine rings is 1. The van der Waals surface area contributed by atoms with E-state index in [1.54, 1.807) is 24.3 Å². The molecule has 0 aliphatic rings. The fourth-order valence-corrected chi connectivity index (χ4v) is 1.82. The van der Waals surface area contributed by atoms with E-state index in [0.29, 0.717) is 10.9 Å². The molecule has 1 heterocycles. The molecular weight excluding hydrogens is 238 g/mol. The Kier molecular flexibility index (Phi) is 3.63. The maximum atomic E-state index is 11.2. The zero-order chi connectivity index (χ0) is 12.6. The molecule has 6 heteroatoms. The predicted octanol–water partition coefficient (Wildman–Crippen LogP) is 1.11. The van der Waals surface area contributed by atoms with Crippen LogP contribution in [0.15, 0.2) is 24.3 Å². The topological polar surface area (TPSA) is 119 Å². The van der Waals surface area contributed by atoms with Crippen LogP contribution in [0, 0.1) is 6.92 Å². The van der Waals surface area contributed by atoms with E-state index in [9.17, 15) is 9.59 Å². The summed E-state index contributed by atoms with van der Waals surface area (Å²) in [5, 5.41) is 18.5. The van der Waals surface area contributed by atoms with E-state index in [0.717, 1.165) is 0 Å². The van der Waals surface area contributed by atoms with Crippen LogP contribution in [0.1, 0.15) is 26.4 Å². The Morgan fingerprint density at radius 3 is 2.17 bits per heavy atom. The number of hydrogen-bond acceptors (Lipinski definition) is 3. The molecule has 18 heavy (non-hydrogen) atoms. The van der Waals surface area contributed by atoms with Crippen molar-refractivity contribution in [2.75, 3.05) is 0 Å². The maximum absolute atomic E-state index is 11.2. The molecule has 1 aromatic heterocycles. The van der Waals surface area contributed by atoms with Crippen LogP contribution in [0.2, 0.25) is 0 Å². The molecule has 0 aliphatic carbocycles. The second-order valence-corrected chi connectivity index (χ2v) is 3.57. The maximum Gasteiger partial charge on any atom is 0.338 e. The lowest BCUT2D eigenvalue weighted by molar-refractivity contribution is 0.0652. The van der Waals surface area contributed by atoms with Crippen LogP contribution >= 0.6 is 0 Å². The van der Waals surface area contributed by atoms with Gasteiger partial charge in [0, 0.05) is 5.39 Å². The number of fused-ring (bicyclic) bond motifs is 1. The van der Waals surface area contributed by atoms with Crippen molar-refractivity contribution in [1.82, 2.24) is 4.98 Å². The summed E-state index contributed by atoms with van der Waals surface area (Å²) in [4.78, 5) is 26.4. The van der Waals surface area contributed by atoms with Gasteiger partial charge in [-0.05, 0) is 13.0 Å². The van der Waals surface area contributed by atoms with Gasteiger partial charge in [0.15, 0.2) is 0 Å². The van der Waals surface area contributed by atoms with Crippen LogP contribution < -0.4 is 0 Å². The predicted molar refractivity (Wildman–Crippen MR) is 64.0 cm³/mol. The normalized spacial score (nSPS) is 9.83. The van der Waals surface area contributed by atoms with E-state index in [1.165, 1.54) is 6.92 Å². The number of aromatic carboxylic acids is 2. The number of hydrogen-bond donors (Lipinski definition) is 2. The van der Waals surface area contributed by atoms with Gasteiger partial charge in [0.1, 0.15) is 0 Å². The first kappa shape index (κ1) is 13.6. The number of carbonyl (C=O) groups is 2. The highest BCUT2D eigenvalue weighted by Crippen LogP contribution is 2.23. The van der Waals surface area contributed by atoms with Crippen molar-refractivity contribution in [1.29, 1.82) is 0 Å². The van der Waals surface area contributed by atoms with Gasteiger partial charge in [-0.2, -0.15) is 0 Å². The third-order valence-electron chi connectivity index (χ3n) is 2.50. The lowest BCUT2D eigenvalue weighted by Crippen LogP contribution is -2.12. The molecule has 0 aliphatic heterocycles. The Hall–Kier alpha value is -2.47. The van der Waals surface area contributed by atoms with Crippen molar-refractivity contribution in [2.24, 2.45) is 0 Å². The Balaban J connectivity index is 0.00000162. The molecule has 4 N–H and O–H groups in total. The lowest BCUT2D eigenvalue weighted by atomic mass is 10.0. The molecule has 0 saturated heterocycles. The number of aromatic nitrogens is 1. The summed E-state index contributed by atoms with van der Waals surface area (Å²) in [7, 11) is 0. The molecule has 0 bridgehead atoms. The van der Waals surface area contributed by atoms with Crippen molar-refractivity contribution in [3.8, 4) is 0 Å². The van der Waals surface area contributed by atoms with Gasteiger partial charge in [-0.25, -0.2) is 9.59 Å². The molecule has 6 nitrogen and oxygen atoms in total. The molecule has 2 rings (SSSR count). The van der Waals surface area contributed by atoms with Gasteiger partial charge in [-0.1, -0.05) is 18.2 Å². The Morgan fingerprint density at radius 1 is 1.06 bits per heavy atom. The molecule has 0 atom stereocenters. The van der Waals surface area contributed by atoms with Gasteiger partial charge in [0.2, 0.25) is 0 Å². The Morgan fingerprint density at radius 2 is 1.61 bits per heavy atom. The van der Waals surface area contributed by atoms with Gasteiger partial charge < -0.3 is 15.7 Å². The molecule has 1 aromatic carbocycles. The number of aryl methyl sites for hydroxylation is 1. The minimum Gasteiger partial charge on any atom is -0.478 e. The molecule has 0 amide bonds. The van der Waals surface area contributed by atoms with E-state index < -0.39 is 11.9 Å². The smallest absolute Gasteiger partial charge is 0.338 e. The average molecular weight is 249 g/mol. The van der Waals surface area contributed by atoms with Crippen LogP contribution in [0.4, 0.5) is 0 Å². The zero-order valence-corrected chi connectivity index (χ0v) is 9.47. The number of benzene rings is 1. The van der Waals surface area contributed by atoms with Crippen LogP contribution in [0.5, 0.6) is 0 Å². The van der Waals surface area contributed by atoms with Gasteiger partial charge in [0.25, 0.3) is 0 Å². The van der Waals surface area contributed by atoms with Crippen molar-refractivity contribution >= 4 is 22.8 Å². The summed E-state index contributed by atoms with van der Waals surface area (Å²) in [5.74, 6) is -2.54. The van der Waals surface area contributed by atoms with E-state index in [-0.39, 0.29) is 22.3 Å². The minimum atomic E-state index is -1.28. The summed E-state index contributed by atoms with van der Waals surface area (Å²) >= 11 is 0. The quantitative estimate of drug-likeness (QED) is 0.826. The Labute approximate surface area is 102 Å². The summed E-state index contributed by atoms with van der Waals surface area (Å²) in [6.45, 7) is 1.49. The fourth-order valence-electron chi connectivity index (χ4n) is 1.82. The van der Waals surface area contributed by atoms with Crippen LogP contribution in [-0.2, 0) is 0 Å². The zero-order valence-electron chi connectivity index (χ0n) is 9.47. The first-order chi connectivity index (χ1) is 8.02. The van der Waals surface area contributed by atoms with Crippen LogP contribution in [-0.4, -0.2) is 32.6 Å². The highest BCUT2D eigenvalue weighted by atomic mass is 16.4. The summed E-state index contributed by atoms with van der Waals surface area (Å²) in [6, 6.07) is 6.58. The number of carboxylic acids is 2. The number of para-hydroxylation sites is 1. The second-order valence-electron chi connectivity index (χ2n) is 3.57. The van der Waals surface area contributed by atoms with Crippen molar-refractivity contribution in [3.05, 3.63) is 41.1 Å². The van der Waals surface area contributed by atoms with Gasteiger partial charge >= 0.3 is 11.9 Å². The monoisotopic (exact) mass is 249 g/mol. The molecule has 0 radical (unpaired) electrons. The molecular formula is C12H11NO5. The summed E-state index contributed by atoms with van der Waals surface area (Å²) < 4.78 is 0. The van der Waals surface area contributed by atoms with Crippen molar-refractivity contribution in [2.45, 2.75) is 6.92 Å². The third kappa shape index (κ3) is 2.01. The minimum absolute atomic E-state index is 0. The van der Waals surface area contributed by atoms with Crippen LogP contribution in [0.3, 0.4) is 0 Å². The standard InChI is InChI=1S/C12H9NO4.H2O/c1-6-9(11(14)15)10(12(16)17)7-4-2-3-5-8(7)13-6;/h2-5H,1H3,(H,14,15)(H,16,17);1H2. The molecule has 0 saturated carbocycles. The third-order valence-corrected chi connectivity index (χ3v) is 2.50. The van der Waals surface area contributed by atoms with E-state index in [4.69, 9.17) is 10.2 Å². The fraction of sp³-hybridized carbons (Fsp3) is 0.0833. The SMILES string of the molecule is Cc1nc2ccccc2c(C(=O)O)c1C(=O)O.O. The van der Waals surface area contributed by atoms with Crippen molar-refractivity contribution in [3.63, 3.8) is 0 Å². The largest absolute Gasteiger partial charge is 0.478 e. The summed E-state index contributed by atoms with van der Waals surface area (Å²) in [6.07, 6.45) is 0. The molecule has 2 aromatic rings. The molecule has 0 spiro atoms. The number of carboxylic acid groups (broad SMARTS) is 2. The lowest BCUT2D eigenvalue weighted by Gasteiger charge is -2.08. The van der Waals surface area contributed by atoms with Crippen molar-refractivity contribution < 1.29 is 25.3 Å². The van der Waals surface area contributed by atoms with Crippen LogP contribution in [0.25, 0.3) is 10.9 Å². The number of nitrogens with zero attached hydrogens (tertiary/aromatic N) is 1.